The van der Waals surface area contributed by atoms with Gasteiger partial charge in [0.15, 0.2) is 6.10 Å². The minimum Gasteiger partial charge on any atom is -0.458 e. The average Bonchev–Trinajstić information content (AvgIpc) is 2.19. The van der Waals surface area contributed by atoms with E-state index in [9.17, 15) is 14.3 Å². The van der Waals surface area contributed by atoms with Crippen molar-refractivity contribution in [1.29, 1.82) is 0 Å². The molecule has 0 saturated carbocycles. The number of hydrogen-bond donors (Lipinski definition) is 1. The number of aliphatic hydroxyl groups excluding tert-OH is 1. The molecule has 1 aromatic rings. The van der Waals surface area contributed by atoms with Gasteiger partial charge in [-0.1, -0.05) is 27.5 Å². The van der Waals surface area contributed by atoms with E-state index in [0.717, 1.165) is 0 Å². The lowest BCUT2D eigenvalue weighted by atomic mass is 10.1. The quantitative estimate of drug-likeness (QED) is 0.661. The highest BCUT2D eigenvalue weighted by atomic mass is 79.9. The summed E-state index contributed by atoms with van der Waals surface area (Å²) in [7, 11) is 0. The van der Waals surface area contributed by atoms with Crippen molar-refractivity contribution in [3.63, 3.8) is 0 Å². The molecule has 0 fully saturated rings. The van der Waals surface area contributed by atoms with Crippen LogP contribution in [0.1, 0.15) is 32.4 Å². The van der Waals surface area contributed by atoms with Gasteiger partial charge in [0, 0.05) is 10.0 Å². The predicted octanol–water partition coefficient (Wildman–Crippen LogP) is 3.62. The number of carbonyl (C=O) groups is 1. The minimum absolute atomic E-state index is 0.179. The van der Waals surface area contributed by atoms with Gasteiger partial charge in [0.05, 0.1) is 5.02 Å². The van der Waals surface area contributed by atoms with E-state index in [1.54, 1.807) is 20.8 Å². The molecular weight excluding hydrogens is 326 g/mol. The van der Waals surface area contributed by atoms with Crippen molar-refractivity contribution in [3.05, 3.63) is 33.0 Å². The van der Waals surface area contributed by atoms with Crippen LogP contribution in [0, 0.1) is 5.82 Å². The summed E-state index contributed by atoms with van der Waals surface area (Å²) in [5.41, 5.74) is -0.978. The van der Waals surface area contributed by atoms with Crippen LogP contribution in [-0.2, 0) is 9.53 Å². The monoisotopic (exact) mass is 338 g/mol. The Balaban J connectivity index is 3.04. The first-order valence-electron chi connectivity index (χ1n) is 5.17. The van der Waals surface area contributed by atoms with Gasteiger partial charge >= 0.3 is 5.97 Å². The lowest BCUT2D eigenvalue weighted by Gasteiger charge is -2.22. The summed E-state index contributed by atoms with van der Waals surface area (Å²) in [6.45, 7) is 4.96. The third-order valence-corrected chi connectivity index (χ3v) is 2.68. The fourth-order valence-electron chi connectivity index (χ4n) is 1.26. The molecule has 0 aliphatic carbocycles. The first kappa shape index (κ1) is 15.4. The molecule has 0 aliphatic heterocycles. The first-order valence-corrected chi connectivity index (χ1v) is 6.34. The summed E-state index contributed by atoms with van der Waals surface area (Å²) in [6, 6.07) is 2.62. The van der Waals surface area contributed by atoms with Crippen LogP contribution in [0.5, 0.6) is 0 Å². The van der Waals surface area contributed by atoms with Crippen LogP contribution < -0.4 is 0 Å². The second-order valence-corrected chi connectivity index (χ2v) is 6.05. The molecule has 3 nitrogen and oxygen atoms in total. The molecule has 1 N–H and O–H groups in total. The Hall–Kier alpha value is -0.650. The molecule has 18 heavy (non-hydrogen) atoms. The molecule has 0 heterocycles. The third kappa shape index (κ3) is 3.93. The van der Waals surface area contributed by atoms with E-state index in [4.69, 9.17) is 16.3 Å². The molecule has 0 amide bonds. The SMILES string of the molecule is CC(C)(C)OC(=O)C(O)c1cc(Br)cc(Cl)c1F. The maximum Gasteiger partial charge on any atom is 0.340 e. The minimum atomic E-state index is -1.71. The van der Waals surface area contributed by atoms with E-state index in [0.29, 0.717) is 4.47 Å². The largest absolute Gasteiger partial charge is 0.458 e. The maximum absolute atomic E-state index is 13.7. The Kier molecular flexibility index (Phi) is 4.75. The zero-order valence-electron chi connectivity index (χ0n) is 10.1. The van der Waals surface area contributed by atoms with Crippen molar-refractivity contribution in [1.82, 2.24) is 0 Å². The molecule has 1 aromatic carbocycles. The van der Waals surface area contributed by atoms with Crippen LogP contribution in [0.4, 0.5) is 4.39 Å². The number of esters is 1. The Bertz CT molecular complexity index is 471. The van der Waals surface area contributed by atoms with Gasteiger partial charge in [0.25, 0.3) is 0 Å². The lowest BCUT2D eigenvalue weighted by molar-refractivity contribution is -0.165. The summed E-state index contributed by atoms with van der Waals surface area (Å²) in [6.07, 6.45) is -1.71. The fraction of sp³-hybridized carbons (Fsp3) is 0.417. The Morgan fingerprint density at radius 3 is 2.56 bits per heavy atom. The second-order valence-electron chi connectivity index (χ2n) is 4.73. The second kappa shape index (κ2) is 5.55. The first-order chi connectivity index (χ1) is 8.11. The number of ether oxygens (including phenoxy) is 1. The van der Waals surface area contributed by atoms with Gasteiger partial charge in [0.2, 0.25) is 0 Å². The summed E-state index contributed by atoms with van der Waals surface area (Å²) < 4.78 is 19.1. The van der Waals surface area contributed by atoms with Crippen LogP contribution in [-0.4, -0.2) is 16.7 Å². The number of hydrogen-bond acceptors (Lipinski definition) is 3. The van der Waals surface area contributed by atoms with Gasteiger partial charge in [-0.2, -0.15) is 0 Å². The summed E-state index contributed by atoms with van der Waals surface area (Å²) in [5, 5.41) is 9.61. The average molecular weight is 340 g/mol. The molecule has 0 radical (unpaired) electrons. The third-order valence-electron chi connectivity index (χ3n) is 1.95. The van der Waals surface area contributed by atoms with Gasteiger partial charge in [-0.25, -0.2) is 9.18 Å². The smallest absolute Gasteiger partial charge is 0.340 e. The number of carbonyl (C=O) groups excluding carboxylic acids is 1. The topological polar surface area (TPSA) is 46.5 Å². The molecule has 6 heteroatoms. The van der Waals surface area contributed by atoms with Gasteiger partial charge < -0.3 is 9.84 Å². The summed E-state index contributed by atoms with van der Waals surface area (Å²) >= 11 is 8.74. The van der Waals surface area contributed by atoms with E-state index in [1.807, 2.05) is 0 Å². The number of rotatable bonds is 2. The predicted molar refractivity (Wildman–Crippen MR) is 69.9 cm³/mol. The number of benzene rings is 1. The standard InChI is InChI=1S/C12H13BrClFO3/c1-12(2,3)18-11(17)10(16)7-4-6(13)5-8(14)9(7)15/h4-5,10,16H,1-3H3. The fourth-order valence-corrected chi connectivity index (χ4v) is 2.09. The van der Waals surface area contributed by atoms with E-state index in [2.05, 4.69) is 15.9 Å². The summed E-state index contributed by atoms with van der Waals surface area (Å²) in [5.74, 6) is -1.76. The highest BCUT2D eigenvalue weighted by Gasteiger charge is 2.27. The normalized spacial score (nSPS) is 13.3. The number of halogens is 3. The number of aliphatic hydroxyl groups is 1. The summed E-state index contributed by atoms with van der Waals surface area (Å²) in [4.78, 5) is 11.6. The molecule has 1 unspecified atom stereocenters. The highest BCUT2D eigenvalue weighted by molar-refractivity contribution is 9.10. The van der Waals surface area contributed by atoms with E-state index < -0.39 is 23.5 Å². The molecule has 0 saturated heterocycles. The van der Waals surface area contributed by atoms with Crippen LogP contribution in [0.25, 0.3) is 0 Å². The van der Waals surface area contributed by atoms with Gasteiger partial charge in [0.1, 0.15) is 11.4 Å². The van der Waals surface area contributed by atoms with Gasteiger partial charge in [-0.15, -0.1) is 0 Å². The van der Waals surface area contributed by atoms with Crippen molar-refractivity contribution >= 4 is 33.5 Å². The van der Waals surface area contributed by atoms with Crippen molar-refractivity contribution < 1.29 is 19.0 Å². The molecule has 1 atom stereocenters. The zero-order valence-corrected chi connectivity index (χ0v) is 12.5. The van der Waals surface area contributed by atoms with E-state index in [1.165, 1.54) is 12.1 Å². The van der Waals surface area contributed by atoms with Crippen molar-refractivity contribution in [2.45, 2.75) is 32.5 Å². The Morgan fingerprint density at radius 1 is 1.50 bits per heavy atom. The van der Waals surface area contributed by atoms with Crippen molar-refractivity contribution in [3.8, 4) is 0 Å². The van der Waals surface area contributed by atoms with Crippen LogP contribution >= 0.6 is 27.5 Å². The van der Waals surface area contributed by atoms with Crippen LogP contribution in [0.2, 0.25) is 5.02 Å². The molecule has 0 aromatic heterocycles. The van der Waals surface area contributed by atoms with E-state index in [-0.39, 0.29) is 10.6 Å². The van der Waals surface area contributed by atoms with Gasteiger partial charge in [-0.05, 0) is 32.9 Å². The molecular formula is C12H13BrClFO3. The van der Waals surface area contributed by atoms with Gasteiger partial charge in [-0.3, -0.25) is 0 Å². The van der Waals surface area contributed by atoms with Crippen LogP contribution in [0.3, 0.4) is 0 Å². The maximum atomic E-state index is 13.7. The van der Waals surface area contributed by atoms with Crippen LogP contribution in [0.15, 0.2) is 16.6 Å². The zero-order chi connectivity index (χ0) is 14.1. The molecule has 0 bridgehead atoms. The molecule has 0 spiro atoms. The lowest BCUT2D eigenvalue weighted by Crippen LogP contribution is -2.28. The van der Waals surface area contributed by atoms with Crippen molar-refractivity contribution in [2.24, 2.45) is 0 Å². The Labute approximate surface area is 118 Å². The highest BCUT2D eigenvalue weighted by Crippen LogP contribution is 2.29. The van der Waals surface area contributed by atoms with E-state index >= 15 is 0 Å². The Morgan fingerprint density at radius 2 is 2.06 bits per heavy atom. The molecule has 0 aliphatic rings. The molecule has 100 valence electrons. The molecule has 1 rings (SSSR count). The van der Waals surface area contributed by atoms with Crippen molar-refractivity contribution in [2.75, 3.05) is 0 Å².